The molecule has 1 amide bonds. The Bertz CT molecular complexity index is 981. The normalized spacial score (nSPS) is 20.1. The van der Waals surface area contributed by atoms with Crippen LogP contribution in [0.4, 0.5) is 10.5 Å². The number of likely N-dealkylation sites (tertiary alicyclic amines) is 1. The van der Waals surface area contributed by atoms with Crippen molar-refractivity contribution in [1.29, 1.82) is 0 Å². The number of anilines is 1. The molecule has 2 heterocycles. The lowest BCUT2D eigenvalue weighted by Crippen LogP contribution is -2.50. The van der Waals surface area contributed by atoms with Crippen LogP contribution in [0.2, 0.25) is 18.1 Å². The molecule has 1 aromatic carbocycles. The molecule has 1 fully saturated rings. The molecule has 1 saturated heterocycles. The first kappa shape index (κ1) is 27.2. The van der Waals surface area contributed by atoms with Gasteiger partial charge in [-0.05, 0) is 87.5 Å². The Kier molecular flexibility index (Phi) is 8.01. The molecule has 0 bridgehead atoms. The van der Waals surface area contributed by atoms with Crippen molar-refractivity contribution >= 4 is 20.1 Å². The van der Waals surface area contributed by atoms with Gasteiger partial charge in [-0.25, -0.2) is 4.79 Å². The second-order valence-corrected chi connectivity index (χ2v) is 17.0. The third-order valence-electron chi connectivity index (χ3n) is 7.19. The number of hydrogen-bond acceptors (Lipinski definition) is 5. The van der Waals surface area contributed by atoms with E-state index in [9.17, 15) is 4.79 Å². The number of carbonyl (C=O) groups is 1. The highest BCUT2D eigenvalue weighted by Gasteiger charge is 2.47. The Balaban J connectivity index is 2.00. The molecule has 1 aliphatic heterocycles. The summed E-state index contributed by atoms with van der Waals surface area (Å²) in [6.45, 7) is 17.0. The van der Waals surface area contributed by atoms with Crippen LogP contribution >= 0.6 is 0 Å². The van der Waals surface area contributed by atoms with Crippen LogP contribution < -0.4 is 5.73 Å². The van der Waals surface area contributed by atoms with Crippen LogP contribution in [-0.2, 0) is 15.6 Å². The summed E-state index contributed by atoms with van der Waals surface area (Å²) in [5.74, 6) is 0. The van der Waals surface area contributed by atoms with Crippen molar-refractivity contribution in [3.63, 3.8) is 0 Å². The molecule has 2 N–H and O–H groups in total. The molecule has 1 aliphatic rings. The standard InChI is InChI=1S/C28H43N3O3Si/c1-27(2,3)33-26(32)31-23(18-20-11-13-22(29)14-12-20)15-16-24(31)25(21-10-9-17-30-19-21)34-35(7,8)28(4,5)6/h9-14,17,19,23-25H,15-16,18,29H2,1-8H3/t23-,24+,25+/m0/s1. The van der Waals surface area contributed by atoms with Crippen LogP contribution in [0.5, 0.6) is 0 Å². The van der Waals surface area contributed by atoms with Crippen LogP contribution in [-0.4, -0.2) is 42.0 Å². The van der Waals surface area contributed by atoms with E-state index >= 15 is 0 Å². The average molecular weight is 498 g/mol. The number of amides is 1. The molecule has 3 atom stereocenters. The molecular weight excluding hydrogens is 454 g/mol. The maximum absolute atomic E-state index is 13.6. The van der Waals surface area contributed by atoms with Crippen LogP contribution in [0, 0.1) is 0 Å². The number of aromatic nitrogens is 1. The van der Waals surface area contributed by atoms with E-state index in [1.54, 1.807) is 6.20 Å². The fourth-order valence-electron chi connectivity index (χ4n) is 4.34. The fraction of sp³-hybridized carbons (Fsp3) is 0.571. The summed E-state index contributed by atoms with van der Waals surface area (Å²) in [5, 5.41) is 0.0339. The second-order valence-electron chi connectivity index (χ2n) is 12.2. The number of rotatable bonds is 6. The number of benzene rings is 1. The molecule has 6 nitrogen and oxygen atoms in total. The van der Waals surface area contributed by atoms with Crippen molar-refractivity contribution in [2.24, 2.45) is 0 Å². The van der Waals surface area contributed by atoms with Crippen LogP contribution in [0.15, 0.2) is 48.8 Å². The summed E-state index contributed by atoms with van der Waals surface area (Å²) < 4.78 is 13.0. The summed E-state index contributed by atoms with van der Waals surface area (Å²) in [5.41, 5.74) is 8.21. The monoisotopic (exact) mass is 497 g/mol. The zero-order chi connectivity index (χ0) is 26.0. The van der Waals surface area contributed by atoms with Crippen molar-refractivity contribution in [1.82, 2.24) is 9.88 Å². The van der Waals surface area contributed by atoms with Gasteiger partial charge in [0.15, 0.2) is 8.32 Å². The van der Waals surface area contributed by atoms with Gasteiger partial charge in [-0.2, -0.15) is 0 Å². The molecule has 2 aromatic rings. The van der Waals surface area contributed by atoms with E-state index in [2.05, 4.69) is 44.9 Å². The number of nitrogens with two attached hydrogens (primary N) is 1. The molecule has 0 unspecified atom stereocenters. The molecule has 7 heteroatoms. The number of carbonyl (C=O) groups excluding carboxylic acids is 1. The number of hydrogen-bond donors (Lipinski definition) is 1. The lowest BCUT2D eigenvalue weighted by molar-refractivity contribution is -0.00243. The predicted molar refractivity (Wildman–Crippen MR) is 145 cm³/mol. The van der Waals surface area contributed by atoms with Gasteiger partial charge in [0.2, 0.25) is 0 Å². The minimum atomic E-state index is -2.15. The molecule has 0 spiro atoms. The maximum atomic E-state index is 13.6. The van der Waals surface area contributed by atoms with E-state index in [1.807, 2.05) is 62.2 Å². The van der Waals surface area contributed by atoms with E-state index in [4.69, 9.17) is 14.9 Å². The number of pyridine rings is 1. The van der Waals surface area contributed by atoms with Crippen molar-refractivity contribution in [2.75, 3.05) is 5.73 Å². The number of nitrogen functional groups attached to an aromatic ring is 1. The molecule has 0 aliphatic carbocycles. The first-order chi connectivity index (χ1) is 16.2. The van der Waals surface area contributed by atoms with E-state index in [1.165, 1.54) is 0 Å². The third kappa shape index (κ3) is 6.85. The van der Waals surface area contributed by atoms with Crippen molar-refractivity contribution < 1.29 is 14.0 Å². The zero-order valence-electron chi connectivity index (χ0n) is 22.7. The maximum Gasteiger partial charge on any atom is 0.410 e. The lowest BCUT2D eigenvalue weighted by Gasteiger charge is -2.43. The Morgan fingerprint density at radius 2 is 1.77 bits per heavy atom. The molecule has 3 rings (SSSR count). The van der Waals surface area contributed by atoms with E-state index in [0.29, 0.717) is 0 Å². The van der Waals surface area contributed by atoms with Gasteiger partial charge in [0.05, 0.1) is 12.1 Å². The predicted octanol–water partition coefficient (Wildman–Crippen LogP) is 6.74. The summed E-state index contributed by atoms with van der Waals surface area (Å²) >= 11 is 0. The van der Waals surface area contributed by atoms with E-state index in [0.717, 1.165) is 36.1 Å². The van der Waals surface area contributed by atoms with E-state index in [-0.39, 0.29) is 29.3 Å². The minimum absolute atomic E-state index is 0.0145. The van der Waals surface area contributed by atoms with Gasteiger partial charge in [-0.15, -0.1) is 0 Å². The third-order valence-corrected chi connectivity index (χ3v) is 11.6. The SMILES string of the molecule is CC(C)(C)OC(=O)N1[C@H](Cc2ccc(N)cc2)CC[C@@H]1[C@H](O[Si](C)(C)C(C)(C)C)c1cccnc1. The molecule has 1 aromatic heterocycles. The van der Waals surface area contributed by atoms with Gasteiger partial charge in [0.25, 0.3) is 0 Å². The van der Waals surface area contributed by atoms with Gasteiger partial charge in [-0.3, -0.25) is 9.88 Å². The van der Waals surface area contributed by atoms with Gasteiger partial charge in [0.1, 0.15) is 5.60 Å². The Labute approximate surface area is 212 Å². The summed E-state index contributed by atoms with van der Waals surface area (Å²) in [4.78, 5) is 20.0. The highest BCUT2D eigenvalue weighted by atomic mass is 28.4. The molecular formula is C28H43N3O3Si. The van der Waals surface area contributed by atoms with Gasteiger partial charge < -0.3 is 14.9 Å². The van der Waals surface area contributed by atoms with Crippen LogP contribution in [0.25, 0.3) is 0 Å². The summed E-state index contributed by atoms with van der Waals surface area (Å²) in [7, 11) is -2.15. The molecule has 0 radical (unpaired) electrons. The Hall–Kier alpha value is -2.38. The number of nitrogens with zero attached hydrogens (tertiary/aromatic N) is 2. The smallest absolute Gasteiger partial charge is 0.410 e. The van der Waals surface area contributed by atoms with E-state index < -0.39 is 13.9 Å². The summed E-state index contributed by atoms with van der Waals surface area (Å²) in [6.07, 6.45) is 5.56. The fourth-order valence-corrected chi connectivity index (χ4v) is 5.62. The van der Waals surface area contributed by atoms with Crippen molar-refractivity contribution in [3.05, 3.63) is 59.9 Å². The number of ether oxygens (including phenoxy) is 1. The molecule has 0 saturated carbocycles. The highest BCUT2D eigenvalue weighted by molar-refractivity contribution is 6.74. The largest absolute Gasteiger partial charge is 0.444 e. The highest BCUT2D eigenvalue weighted by Crippen LogP contribution is 2.44. The Morgan fingerprint density at radius 1 is 1.11 bits per heavy atom. The van der Waals surface area contributed by atoms with Crippen LogP contribution in [0.1, 0.15) is 71.6 Å². The van der Waals surface area contributed by atoms with Crippen molar-refractivity contribution in [3.8, 4) is 0 Å². The van der Waals surface area contributed by atoms with Crippen molar-refractivity contribution in [2.45, 2.75) is 103 Å². The summed E-state index contributed by atoms with van der Waals surface area (Å²) in [6, 6.07) is 11.8. The molecule has 192 valence electrons. The van der Waals surface area contributed by atoms with Crippen LogP contribution in [0.3, 0.4) is 0 Å². The lowest BCUT2D eigenvalue weighted by atomic mass is 10.0. The Morgan fingerprint density at radius 3 is 2.31 bits per heavy atom. The zero-order valence-corrected chi connectivity index (χ0v) is 23.7. The average Bonchev–Trinajstić information content (AvgIpc) is 3.15. The minimum Gasteiger partial charge on any atom is -0.444 e. The molecule has 35 heavy (non-hydrogen) atoms. The van der Waals surface area contributed by atoms with Gasteiger partial charge in [0, 0.05) is 24.1 Å². The quantitative estimate of drug-likeness (QED) is 0.353. The first-order valence-electron chi connectivity index (χ1n) is 12.6. The first-order valence-corrected chi connectivity index (χ1v) is 15.5. The van der Waals surface area contributed by atoms with Gasteiger partial charge in [-0.1, -0.05) is 39.0 Å². The topological polar surface area (TPSA) is 77.7 Å². The van der Waals surface area contributed by atoms with Gasteiger partial charge >= 0.3 is 6.09 Å². The second kappa shape index (κ2) is 10.3.